The molecule has 0 radical (unpaired) electrons. The molecule has 1 atom stereocenters. The van der Waals surface area contributed by atoms with Gasteiger partial charge < -0.3 is 16.4 Å². The number of primary amides is 1. The van der Waals surface area contributed by atoms with Gasteiger partial charge in [0.1, 0.15) is 0 Å². The monoisotopic (exact) mass is 187 g/mol. The van der Waals surface area contributed by atoms with Crippen LogP contribution in [0.1, 0.15) is 33.1 Å². The topological polar surface area (TPSA) is 67.2 Å². The molecule has 0 aromatic heterocycles. The first-order chi connectivity index (χ1) is 6.16. The standard InChI is InChI=1S/C9H21N3O/c1-3-4-5-8(2)11-6-7-12-9(10)13/h8,11H,3-7H2,1-2H3,(H3,10,12,13). The fraction of sp³-hybridized carbons (Fsp3) is 0.889. The zero-order chi connectivity index (χ0) is 10.1. The Balaban J connectivity index is 3.16. The first kappa shape index (κ1) is 12.2. The minimum Gasteiger partial charge on any atom is -0.352 e. The molecule has 13 heavy (non-hydrogen) atoms. The Hall–Kier alpha value is -0.770. The summed E-state index contributed by atoms with van der Waals surface area (Å²) in [6.07, 6.45) is 3.66. The summed E-state index contributed by atoms with van der Waals surface area (Å²) in [4.78, 5) is 10.3. The number of hydrogen-bond acceptors (Lipinski definition) is 2. The van der Waals surface area contributed by atoms with Crippen LogP contribution in [0.4, 0.5) is 4.79 Å². The molecule has 0 spiro atoms. The molecule has 0 saturated carbocycles. The van der Waals surface area contributed by atoms with Crippen molar-refractivity contribution in [3.8, 4) is 0 Å². The Morgan fingerprint density at radius 1 is 1.46 bits per heavy atom. The molecule has 1 unspecified atom stereocenters. The Bertz CT molecular complexity index is 139. The summed E-state index contributed by atoms with van der Waals surface area (Å²) in [5.74, 6) is 0. The number of urea groups is 1. The molecule has 0 aromatic rings. The van der Waals surface area contributed by atoms with Gasteiger partial charge in [0, 0.05) is 19.1 Å². The van der Waals surface area contributed by atoms with E-state index in [4.69, 9.17) is 5.73 Å². The van der Waals surface area contributed by atoms with Crippen LogP contribution in [0, 0.1) is 0 Å². The summed E-state index contributed by atoms with van der Waals surface area (Å²) in [7, 11) is 0. The second-order valence-corrected chi connectivity index (χ2v) is 3.29. The Morgan fingerprint density at radius 2 is 2.15 bits per heavy atom. The van der Waals surface area contributed by atoms with E-state index in [2.05, 4.69) is 24.5 Å². The third-order valence-electron chi connectivity index (χ3n) is 1.91. The van der Waals surface area contributed by atoms with Gasteiger partial charge in [-0.25, -0.2) is 4.79 Å². The first-order valence-electron chi connectivity index (χ1n) is 4.93. The van der Waals surface area contributed by atoms with Gasteiger partial charge in [-0.2, -0.15) is 0 Å². The molecule has 2 amide bonds. The summed E-state index contributed by atoms with van der Waals surface area (Å²) >= 11 is 0. The average Bonchev–Trinajstić information content (AvgIpc) is 2.08. The van der Waals surface area contributed by atoms with Gasteiger partial charge in [0.15, 0.2) is 0 Å². The van der Waals surface area contributed by atoms with E-state index in [1.165, 1.54) is 19.3 Å². The van der Waals surface area contributed by atoms with Crippen LogP contribution in [0.25, 0.3) is 0 Å². The third-order valence-corrected chi connectivity index (χ3v) is 1.91. The fourth-order valence-corrected chi connectivity index (χ4v) is 1.12. The van der Waals surface area contributed by atoms with Crippen molar-refractivity contribution in [3.05, 3.63) is 0 Å². The van der Waals surface area contributed by atoms with Crippen molar-refractivity contribution in [1.29, 1.82) is 0 Å². The summed E-state index contributed by atoms with van der Waals surface area (Å²) in [6, 6.07) is 0.0673. The maximum atomic E-state index is 10.3. The Kier molecular flexibility index (Phi) is 7.39. The van der Waals surface area contributed by atoms with E-state index in [1.54, 1.807) is 0 Å². The third kappa shape index (κ3) is 9.14. The van der Waals surface area contributed by atoms with Gasteiger partial charge in [-0.15, -0.1) is 0 Å². The highest BCUT2D eigenvalue weighted by Gasteiger charge is 1.99. The van der Waals surface area contributed by atoms with Crippen molar-refractivity contribution < 1.29 is 4.79 Å². The van der Waals surface area contributed by atoms with E-state index in [0.29, 0.717) is 12.6 Å². The number of nitrogens with two attached hydrogens (primary N) is 1. The van der Waals surface area contributed by atoms with E-state index in [1.807, 2.05) is 0 Å². The Labute approximate surface area is 80.3 Å². The van der Waals surface area contributed by atoms with Gasteiger partial charge in [-0.05, 0) is 13.3 Å². The van der Waals surface area contributed by atoms with Crippen LogP contribution in [-0.4, -0.2) is 25.2 Å². The fourth-order valence-electron chi connectivity index (χ4n) is 1.12. The maximum absolute atomic E-state index is 10.3. The van der Waals surface area contributed by atoms with Crippen LogP contribution < -0.4 is 16.4 Å². The summed E-state index contributed by atoms with van der Waals surface area (Å²) in [5, 5.41) is 5.84. The molecule has 0 aromatic carbocycles. The molecule has 0 aliphatic carbocycles. The molecule has 0 aliphatic rings. The predicted molar refractivity (Wildman–Crippen MR) is 54.6 cm³/mol. The quantitative estimate of drug-likeness (QED) is 0.517. The molecule has 4 nitrogen and oxygen atoms in total. The molecular weight excluding hydrogens is 166 g/mol. The minimum atomic E-state index is -0.456. The zero-order valence-corrected chi connectivity index (χ0v) is 8.60. The van der Waals surface area contributed by atoms with Crippen LogP contribution in [0.2, 0.25) is 0 Å². The molecule has 0 aliphatic heterocycles. The normalized spacial score (nSPS) is 12.5. The van der Waals surface area contributed by atoms with Crippen LogP contribution >= 0.6 is 0 Å². The van der Waals surface area contributed by atoms with E-state index in [9.17, 15) is 4.79 Å². The van der Waals surface area contributed by atoms with Crippen molar-refractivity contribution in [2.24, 2.45) is 5.73 Å². The molecule has 4 N–H and O–H groups in total. The number of unbranched alkanes of at least 4 members (excludes halogenated alkanes) is 1. The first-order valence-corrected chi connectivity index (χ1v) is 4.93. The highest BCUT2D eigenvalue weighted by molar-refractivity contribution is 5.71. The second kappa shape index (κ2) is 7.86. The smallest absolute Gasteiger partial charge is 0.312 e. The highest BCUT2D eigenvalue weighted by atomic mass is 16.2. The molecule has 0 rings (SSSR count). The van der Waals surface area contributed by atoms with E-state index < -0.39 is 6.03 Å². The lowest BCUT2D eigenvalue weighted by Crippen LogP contribution is -2.38. The van der Waals surface area contributed by atoms with Gasteiger partial charge in [-0.1, -0.05) is 19.8 Å². The van der Waals surface area contributed by atoms with Crippen molar-refractivity contribution in [3.63, 3.8) is 0 Å². The number of amides is 2. The second-order valence-electron chi connectivity index (χ2n) is 3.29. The number of nitrogens with one attached hydrogen (secondary N) is 2. The molecular formula is C9H21N3O. The number of carbonyl (C=O) groups is 1. The minimum absolute atomic E-state index is 0.456. The zero-order valence-electron chi connectivity index (χ0n) is 8.60. The van der Waals surface area contributed by atoms with Gasteiger partial charge in [-0.3, -0.25) is 0 Å². The molecule has 0 bridgehead atoms. The summed E-state index contributed by atoms with van der Waals surface area (Å²) < 4.78 is 0. The van der Waals surface area contributed by atoms with Crippen molar-refractivity contribution >= 4 is 6.03 Å². The number of carbonyl (C=O) groups excluding carboxylic acids is 1. The predicted octanol–water partition coefficient (Wildman–Crippen LogP) is 0.823. The SMILES string of the molecule is CCCCC(C)NCCNC(N)=O. The van der Waals surface area contributed by atoms with Crippen LogP contribution in [-0.2, 0) is 0 Å². The summed E-state index contributed by atoms with van der Waals surface area (Å²) in [6.45, 7) is 5.72. The molecule has 0 heterocycles. The van der Waals surface area contributed by atoms with Gasteiger partial charge in [0.05, 0.1) is 0 Å². The maximum Gasteiger partial charge on any atom is 0.312 e. The average molecular weight is 187 g/mol. The highest BCUT2D eigenvalue weighted by Crippen LogP contribution is 1.98. The van der Waals surface area contributed by atoms with Gasteiger partial charge in [0.2, 0.25) is 0 Å². The Morgan fingerprint density at radius 3 is 2.69 bits per heavy atom. The van der Waals surface area contributed by atoms with E-state index >= 15 is 0 Å². The molecule has 0 fully saturated rings. The lowest BCUT2D eigenvalue weighted by molar-refractivity contribution is 0.249. The lowest BCUT2D eigenvalue weighted by atomic mass is 10.1. The number of rotatable bonds is 7. The molecule has 78 valence electrons. The van der Waals surface area contributed by atoms with Gasteiger partial charge in [0.25, 0.3) is 0 Å². The van der Waals surface area contributed by atoms with Crippen molar-refractivity contribution in [1.82, 2.24) is 10.6 Å². The number of hydrogen-bond donors (Lipinski definition) is 3. The largest absolute Gasteiger partial charge is 0.352 e. The lowest BCUT2D eigenvalue weighted by Gasteiger charge is -2.12. The van der Waals surface area contributed by atoms with Gasteiger partial charge >= 0.3 is 6.03 Å². The van der Waals surface area contributed by atoms with Crippen molar-refractivity contribution in [2.45, 2.75) is 39.2 Å². The van der Waals surface area contributed by atoms with E-state index in [0.717, 1.165) is 6.54 Å². The van der Waals surface area contributed by atoms with Crippen LogP contribution in [0.5, 0.6) is 0 Å². The molecule has 4 heteroatoms. The van der Waals surface area contributed by atoms with Crippen LogP contribution in [0.3, 0.4) is 0 Å². The van der Waals surface area contributed by atoms with E-state index in [-0.39, 0.29) is 0 Å². The van der Waals surface area contributed by atoms with Crippen LogP contribution in [0.15, 0.2) is 0 Å². The molecule has 0 saturated heterocycles. The van der Waals surface area contributed by atoms with Crippen molar-refractivity contribution in [2.75, 3.05) is 13.1 Å². The summed E-state index contributed by atoms with van der Waals surface area (Å²) in [5.41, 5.74) is 4.91.